The summed E-state index contributed by atoms with van der Waals surface area (Å²) in [5.74, 6) is -0.0433. The van der Waals surface area contributed by atoms with Gasteiger partial charge in [0.25, 0.3) is 11.6 Å². The minimum Gasteiger partial charge on any atom is -0.467 e. The van der Waals surface area contributed by atoms with Gasteiger partial charge in [-0.05, 0) is 70.0 Å². The summed E-state index contributed by atoms with van der Waals surface area (Å²) in [6.07, 6.45) is 1.50. The average Bonchev–Trinajstić information content (AvgIpc) is 3.52. The molecule has 2 N–H and O–H groups in total. The molecular weight excluding hydrogens is 538 g/mol. The SMILES string of the molecule is Cc1cccc(-n2nc(C(=O)NCc3ccco3)c(C)c2Oc2ccc([N+](=O)[O-])cc2S(=O)(=O)NC(C)C)c1C. The van der Waals surface area contributed by atoms with E-state index in [2.05, 4.69) is 15.1 Å². The van der Waals surface area contributed by atoms with Crippen molar-refractivity contribution in [3.63, 3.8) is 0 Å². The van der Waals surface area contributed by atoms with E-state index in [1.54, 1.807) is 39.0 Å². The van der Waals surface area contributed by atoms with E-state index >= 15 is 0 Å². The minimum atomic E-state index is -4.21. The van der Waals surface area contributed by atoms with E-state index in [0.717, 1.165) is 23.3 Å². The number of aryl methyl sites for hydroxylation is 1. The predicted molar refractivity (Wildman–Crippen MR) is 146 cm³/mol. The van der Waals surface area contributed by atoms with Crippen molar-refractivity contribution < 1.29 is 27.3 Å². The molecule has 0 aliphatic carbocycles. The van der Waals surface area contributed by atoms with Crippen molar-refractivity contribution in [1.82, 2.24) is 19.8 Å². The lowest BCUT2D eigenvalue weighted by Crippen LogP contribution is -2.30. The van der Waals surface area contributed by atoms with E-state index in [9.17, 15) is 23.3 Å². The van der Waals surface area contributed by atoms with Crippen molar-refractivity contribution in [1.29, 1.82) is 0 Å². The topological polar surface area (TPSA) is 159 Å². The van der Waals surface area contributed by atoms with Crippen LogP contribution in [-0.2, 0) is 16.6 Å². The van der Waals surface area contributed by atoms with E-state index in [1.165, 1.54) is 17.0 Å². The number of furan rings is 1. The third-order valence-corrected chi connectivity index (χ3v) is 7.80. The first-order valence-corrected chi connectivity index (χ1v) is 13.8. The second kappa shape index (κ2) is 11.3. The molecular formula is C27H29N5O7S. The second-order valence-corrected chi connectivity index (χ2v) is 11.1. The number of aromatic nitrogens is 2. The summed E-state index contributed by atoms with van der Waals surface area (Å²) < 4.78 is 41.6. The quantitative estimate of drug-likeness (QED) is 0.206. The Bertz CT molecular complexity index is 1680. The summed E-state index contributed by atoms with van der Waals surface area (Å²) in [7, 11) is -4.21. The molecule has 0 aliphatic rings. The van der Waals surface area contributed by atoms with Gasteiger partial charge in [0.2, 0.25) is 15.9 Å². The number of non-ortho nitro benzene ring substituents is 1. The summed E-state index contributed by atoms with van der Waals surface area (Å²) in [5.41, 5.74) is 2.38. The summed E-state index contributed by atoms with van der Waals surface area (Å²) in [6.45, 7) is 8.81. The highest BCUT2D eigenvalue weighted by molar-refractivity contribution is 7.89. The predicted octanol–water partition coefficient (Wildman–Crippen LogP) is 4.71. The van der Waals surface area contributed by atoms with Crippen molar-refractivity contribution in [3.05, 3.63) is 93.1 Å². The van der Waals surface area contributed by atoms with Gasteiger partial charge in [-0.2, -0.15) is 9.78 Å². The molecule has 0 atom stereocenters. The number of carbonyl (C=O) groups excluding carboxylic acids is 1. The number of carbonyl (C=O) groups is 1. The van der Waals surface area contributed by atoms with Crippen LogP contribution in [0.3, 0.4) is 0 Å². The van der Waals surface area contributed by atoms with Gasteiger partial charge in [-0.15, -0.1) is 0 Å². The number of hydrogen-bond donors (Lipinski definition) is 2. The van der Waals surface area contributed by atoms with Gasteiger partial charge < -0.3 is 14.5 Å². The summed E-state index contributed by atoms with van der Waals surface area (Å²) in [4.78, 5) is 23.5. The molecule has 4 rings (SSSR count). The molecule has 13 heteroatoms. The smallest absolute Gasteiger partial charge is 0.272 e. The van der Waals surface area contributed by atoms with Crippen LogP contribution in [0.4, 0.5) is 5.69 Å². The third kappa shape index (κ3) is 5.90. The number of nitrogens with one attached hydrogen (secondary N) is 2. The van der Waals surface area contributed by atoms with Gasteiger partial charge in [-0.1, -0.05) is 12.1 Å². The summed E-state index contributed by atoms with van der Waals surface area (Å²) >= 11 is 0. The number of nitro groups is 1. The number of benzene rings is 2. The fourth-order valence-corrected chi connectivity index (χ4v) is 5.39. The lowest BCUT2D eigenvalue weighted by molar-refractivity contribution is -0.385. The van der Waals surface area contributed by atoms with Crippen molar-refractivity contribution in [2.24, 2.45) is 0 Å². The number of nitrogens with zero attached hydrogens (tertiary/aromatic N) is 3. The monoisotopic (exact) mass is 567 g/mol. The van der Waals surface area contributed by atoms with Crippen LogP contribution in [0.2, 0.25) is 0 Å². The van der Waals surface area contributed by atoms with Crippen LogP contribution in [0.15, 0.2) is 64.1 Å². The van der Waals surface area contributed by atoms with Crippen molar-refractivity contribution in [2.75, 3.05) is 0 Å². The largest absolute Gasteiger partial charge is 0.467 e. The Morgan fingerprint density at radius 2 is 1.88 bits per heavy atom. The number of hydrogen-bond acceptors (Lipinski definition) is 8. The van der Waals surface area contributed by atoms with Crippen LogP contribution < -0.4 is 14.8 Å². The van der Waals surface area contributed by atoms with Gasteiger partial charge >= 0.3 is 0 Å². The Labute approximate surface area is 231 Å². The van der Waals surface area contributed by atoms with Crippen LogP contribution in [0, 0.1) is 30.9 Å². The highest BCUT2D eigenvalue weighted by Crippen LogP contribution is 2.36. The van der Waals surface area contributed by atoms with Gasteiger partial charge in [-0.3, -0.25) is 14.9 Å². The van der Waals surface area contributed by atoms with E-state index in [4.69, 9.17) is 9.15 Å². The van der Waals surface area contributed by atoms with Crippen molar-refractivity contribution in [2.45, 2.75) is 52.1 Å². The first-order chi connectivity index (χ1) is 18.9. The lowest BCUT2D eigenvalue weighted by atomic mass is 10.1. The Balaban J connectivity index is 1.85. The van der Waals surface area contributed by atoms with Gasteiger partial charge in [0.1, 0.15) is 16.4 Å². The summed E-state index contributed by atoms with van der Waals surface area (Å²) in [6, 6.07) is 11.8. The van der Waals surface area contributed by atoms with Gasteiger partial charge in [-0.25, -0.2) is 13.1 Å². The Hall–Kier alpha value is -4.49. The molecule has 40 heavy (non-hydrogen) atoms. The first kappa shape index (κ1) is 28.5. The molecule has 0 saturated heterocycles. The van der Waals surface area contributed by atoms with Crippen LogP contribution >= 0.6 is 0 Å². The Kier molecular flexibility index (Phi) is 8.07. The van der Waals surface area contributed by atoms with E-state index < -0.39 is 37.5 Å². The molecule has 4 aromatic rings. The molecule has 0 unspecified atom stereocenters. The molecule has 1 amide bonds. The third-order valence-electron chi connectivity index (χ3n) is 6.12. The molecule has 0 bridgehead atoms. The zero-order valence-corrected chi connectivity index (χ0v) is 23.4. The zero-order valence-electron chi connectivity index (χ0n) is 22.6. The fraction of sp³-hybridized carbons (Fsp3) is 0.259. The molecule has 0 spiro atoms. The zero-order chi connectivity index (χ0) is 29.2. The minimum absolute atomic E-state index is 0.0501. The number of rotatable bonds is 10. The normalized spacial score (nSPS) is 11.6. The van der Waals surface area contributed by atoms with Crippen LogP contribution in [0.25, 0.3) is 5.69 Å². The Morgan fingerprint density at radius 1 is 1.12 bits per heavy atom. The highest BCUT2D eigenvalue weighted by Gasteiger charge is 2.28. The summed E-state index contributed by atoms with van der Waals surface area (Å²) in [5, 5.41) is 18.7. The lowest BCUT2D eigenvalue weighted by Gasteiger charge is -2.16. The molecule has 0 radical (unpaired) electrons. The molecule has 0 aliphatic heterocycles. The first-order valence-electron chi connectivity index (χ1n) is 12.3. The Morgan fingerprint density at radius 3 is 2.52 bits per heavy atom. The van der Waals surface area contributed by atoms with E-state index in [0.29, 0.717) is 17.0 Å². The maximum atomic E-state index is 13.2. The molecule has 2 aromatic carbocycles. The fourth-order valence-electron chi connectivity index (χ4n) is 3.99. The number of nitro benzene ring substituents is 1. The number of sulfonamides is 1. The maximum Gasteiger partial charge on any atom is 0.272 e. The molecule has 2 aromatic heterocycles. The number of amides is 1. The van der Waals surface area contributed by atoms with Crippen molar-refractivity contribution >= 4 is 21.6 Å². The average molecular weight is 568 g/mol. The van der Waals surface area contributed by atoms with Crippen LogP contribution in [0.5, 0.6) is 11.6 Å². The van der Waals surface area contributed by atoms with Gasteiger partial charge in [0.05, 0.1) is 23.4 Å². The molecule has 210 valence electrons. The molecule has 0 saturated carbocycles. The molecule has 12 nitrogen and oxygen atoms in total. The van der Waals surface area contributed by atoms with E-state index in [1.807, 2.05) is 26.0 Å². The maximum absolute atomic E-state index is 13.2. The molecule has 2 heterocycles. The van der Waals surface area contributed by atoms with Crippen LogP contribution in [-0.4, -0.2) is 35.1 Å². The highest BCUT2D eigenvalue weighted by atomic mass is 32.2. The second-order valence-electron chi connectivity index (χ2n) is 9.44. The molecule has 0 fully saturated rings. The van der Waals surface area contributed by atoms with Crippen molar-refractivity contribution in [3.8, 4) is 17.3 Å². The standard InChI is InChI=1S/C27H29N5O7S/c1-16(2)30-40(36,37)24-14-20(32(34)35)11-12-23(24)39-27-19(5)25(26(33)28-15-21-9-7-13-38-21)29-31(27)22-10-6-8-17(3)18(22)4/h6-14,16,30H,15H2,1-5H3,(H,28,33). The van der Waals surface area contributed by atoms with Gasteiger partial charge in [0, 0.05) is 23.7 Å². The van der Waals surface area contributed by atoms with Crippen LogP contribution in [0.1, 0.15) is 46.8 Å². The van der Waals surface area contributed by atoms with Gasteiger partial charge in [0.15, 0.2) is 5.69 Å². The van der Waals surface area contributed by atoms with E-state index in [-0.39, 0.29) is 23.9 Å². The number of ether oxygens (including phenoxy) is 1.